The van der Waals surface area contributed by atoms with Gasteiger partial charge >= 0.3 is 7.82 Å². The Morgan fingerprint density at radius 1 is 0.868 bits per heavy atom. The van der Waals surface area contributed by atoms with E-state index in [-0.39, 0.29) is 24.9 Å². The van der Waals surface area contributed by atoms with Crippen molar-refractivity contribution in [2.45, 2.75) is 104 Å². The molecule has 0 aromatic heterocycles. The molecule has 38 heavy (non-hydrogen) atoms. The van der Waals surface area contributed by atoms with Crippen LogP contribution in [0.25, 0.3) is 0 Å². The summed E-state index contributed by atoms with van der Waals surface area (Å²) in [5.74, 6) is 0.745. The molecule has 0 saturated heterocycles. The second-order valence-electron chi connectivity index (χ2n) is 10.6. The molecule has 0 bridgehead atoms. The molecule has 0 aliphatic rings. The van der Waals surface area contributed by atoms with E-state index in [1.807, 2.05) is 50.2 Å². The minimum absolute atomic E-state index is 0.00973. The lowest BCUT2D eigenvalue weighted by atomic mass is 9.94. The fourth-order valence-corrected chi connectivity index (χ4v) is 5.12. The maximum atomic E-state index is 12.3. The molecule has 0 amide bonds. The molecular weight excluding hydrogens is 501 g/mol. The smallest absolute Gasteiger partial charge is 0.472 e. The van der Waals surface area contributed by atoms with Gasteiger partial charge in [0.2, 0.25) is 0 Å². The van der Waals surface area contributed by atoms with Crippen LogP contribution in [0.2, 0.25) is 0 Å². The second kappa shape index (κ2) is 21.6. The fraction of sp³-hybridized carbons (Fsp3) is 0.767. The van der Waals surface area contributed by atoms with Crippen molar-refractivity contribution in [2.75, 3.05) is 40.5 Å². The van der Waals surface area contributed by atoms with Crippen LogP contribution in [-0.4, -0.2) is 56.0 Å². The highest BCUT2D eigenvalue weighted by atomic mass is 31.2. The van der Waals surface area contributed by atoms with Gasteiger partial charge in [0.15, 0.2) is 0 Å². The summed E-state index contributed by atoms with van der Waals surface area (Å²) in [6.07, 6.45) is 14.9. The number of unbranched alkanes of at least 4 members (excludes halogenated alkanes) is 9. The molecule has 1 rings (SSSR count). The number of phosphoric ester groups is 1. The predicted octanol–water partition coefficient (Wildman–Crippen LogP) is 7.60. The second-order valence-corrected chi connectivity index (χ2v) is 12.0. The standard InChI is InChI=1S/C30H54NO6P/c1-5-7-8-9-10-11-12-13-14-15-22-35-30-19-17-27(18-20-30)24-28(25-29(32)6-2)26-37-38(33,34)36-23-16-21-31(3)4/h17-20,28H,5-16,21-26H2,1-4H3,(H,33,34). The lowest BCUT2D eigenvalue weighted by molar-refractivity contribution is -0.120. The Morgan fingerprint density at radius 3 is 2.05 bits per heavy atom. The van der Waals surface area contributed by atoms with Crippen LogP contribution < -0.4 is 4.74 Å². The first-order chi connectivity index (χ1) is 18.3. The lowest BCUT2D eigenvalue weighted by Crippen LogP contribution is -2.17. The number of ether oxygens (including phenoxy) is 1. The third-order valence-corrected chi connectivity index (χ3v) is 7.59. The van der Waals surface area contributed by atoms with Crippen LogP contribution in [0, 0.1) is 5.92 Å². The third-order valence-electron chi connectivity index (χ3n) is 6.60. The van der Waals surface area contributed by atoms with E-state index in [0.29, 0.717) is 25.7 Å². The number of carbonyl (C=O) groups excluding carboxylic acids is 1. The number of nitrogens with zero attached hydrogens (tertiary/aromatic N) is 1. The Bertz CT molecular complexity index is 771. The summed E-state index contributed by atoms with van der Waals surface area (Å²) >= 11 is 0. The van der Waals surface area contributed by atoms with Gasteiger partial charge in [-0.2, -0.15) is 0 Å². The van der Waals surface area contributed by atoms with Crippen LogP contribution in [0.15, 0.2) is 24.3 Å². The van der Waals surface area contributed by atoms with Crippen molar-refractivity contribution in [1.82, 2.24) is 4.90 Å². The minimum atomic E-state index is -4.15. The molecule has 7 nitrogen and oxygen atoms in total. The van der Waals surface area contributed by atoms with Gasteiger partial charge in [-0.3, -0.25) is 13.8 Å². The molecule has 0 saturated carbocycles. The Balaban J connectivity index is 2.37. The maximum absolute atomic E-state index is 12.3. The monoisotopic (exact) mass is 555 g/mol. The van der Waals surface area contributed by atoms with Gasteiger partial charge in [-0.05, 0) is 63.5 Å². The van der Waals surface area contributed by atoms with Crippen molar-refractivity contribution in [3.63, 3.8) is 0 Å². The summed E-state index contributed by atoms with van der Waals surface area (Å²) in [7, 11) is -0.287. The first kappa shape index (κ1) is 34.8. The van der Waals surface area contributed by atoms with Gasteiger partial charge < -0.3 is 14.5 Å². The number of ketones is 1. The van der Waals surface area contributed by atoms with E-state index in [1.165, 1.54) is 57.8 Å². The molecule has 0 aliphatic heterocycles. The number of carbonyl (C=O) groups is 1. The van der Waals surface area contributed by atoms with Crippen molar-refractivity contribution in [2.24, 2.45) is 5.92 Å². The van der Waals surface area contributed by atoms with Crippen molar-refractivity contribution in [3.05, 3.63) is 29.8 Å². The van der Waals surface area contributed by atoms with Crippen LogP contribution in [0.5, 0.6) is 5.75 Å². The Hall–Kier alpha value is -1.24. The number of hydrogen-bond donors (Lipinski definition) is 1. The van der Waals surface area contributed by atoms with Gasteiger partial charge in [0.05, 0.1) is 19.8 Å². The van der Waals surface area contributed by atoms with Gasteiger partial charge in [-0.15, -0.1) is 0 Å². The highest BCUT2D eigenvalue weighted by Gasteiger charge is 2.24. The Kier molecular flexibility index (Phi) is 19.7. The molecule has 1 N–H and O–H groups in total. The molecule has 2 atom stereocenters. The summed E-state index contributed by atoms with van der Waals surface area (Å²) in [6.45, 7) is 5.69. The SMILES string of the molecule is CCCCCCCCCCCCOc1ccc(CC(COP(=O)(O)OCCCN(C)C)CC(=O)CC)cc1. The maximum Gasteiger partial charge on any atom is 0.472 e. The first-order valence-corrected chi connectivity index (χ1v) is 16.2. The molecule has 0 heterocycles. The summed E-state index contributed by atoms with van der Waals surface area (Å²) in [4.78, 5) is 24.1. The summed E-state index contributed by atoms with van der Waals surface area (Å²) in [5, 5.41) is 0. The van der Waals surface area contributed by atoms with Crippen LogP contribution in [0.1, 0.15) is 103 Å². The van der Waals surface area contributed by atoms with E-state index in [0.717, 1.165) is 30.9 Å². The fourth-order valence-electron chi connectivity index (χ4n) is 4.29. The Morgan fingerprint density at radius 2 is 1.47 bits per heavy atom. The molecule has 0 spiro atoms. The van der Waals surface area contributed by atoms with Crippen LogP contribution in [-0.2, 0) is 24.8 Å². The number of Topliss-reactive ketones (excluding diaryl/α,β-unsaturated/α-hetero) is 1. The largest absolute Gasteiger partial charge is 0.494 e. The van der Waals surface area contributed by atoms with E-state index in [4.69, 9.17) is 13.8 Å². The van der Waals surface area contributed by atoms with Gasteiger partial charge in [0.1, 0.15) is 11.5 Å². The topological polar surface area (TPSA) is 85.3 Å². The van der Waals surface area contributed by atoms with E-state index in [9.17, 15) is 14.3 Å². The molecule has 1 aromatic carbocycles. The summed E-state index contributed by atoms with van der Waals surface area (Å²) in [5.41, 5.74) is 1.04. The minimum Gasteiger partial charge on any atom is -0.494 e. The van der Waals surface area contributed by atoms with Crippen molar-refractivity contribution >= 4 is 13.6 Å². The average Bonchev–Trinajstić information content (AvgIpc) is 2.89. The number of phosphoric acid groups is 1. The number of benzene rings is 1. The molecule has 8 heteroatoms. The van der Waals surface area contributed by atoms with Crippen LogP contribution >= 0.6 is 7.82 Å². The molecule has 2 unspecified atom stereocenters. The summed E-state index contributed by atoms with van der Waals surface area (Å²) in [6, 6.07) is 7.90. The Labute approximate surface area is 232 Å². The zero-order valence-corrected chi connectivity index (χ0v) is 25.4. The van der Waals surface area contributed by atoms with E-state index in [2.05, 4.69) is 6.92 Å². The highest BCUT2D eigenvalue weighted by molar-refractivity contribution is 7.47. The number of hydrogen-bond acceptors (Lipinski definition) is 6. The molecular formula is C30H54NO6P. The molecule has 220 valence electrons. The molecule has 0 aliphatic carbocycles. The lowest BCUT2D eigenvalue weighted by Gasteiger charge is -2.19. The zero-order valence-electron chi connectivity index (χ0n) is 24.5. The van der Waals surface area contributed by atoms with Crippen molar-refractivity contribution in [1.29, 1.82) is 0 Å². The van der Waals surface area contributed by atoms with Crippen LogP contribution in [0.4, 0.5) is 0 Å². The van der Waals surface area contributed by atoms with Gasteiger partial charge in [0, 0.05) is 12.8 Å². The van der Waals surface area contributed by atoms with Crippen LogP contribution in [0.3, 0.4) is 0 Å². The van der Waals surface area contributed by atoms with E-state index in [1.54, 1.807) is 0 Å². The van der Waals surface area contributed by atoms with E-state index >= 15 is 0 Å². The van der Waals surface area contributed by atoms with E-state index < -0.39 is 7.82 Å². The van der Waals surface area contributed by atoms with Gasteiger partial charge in [-0.1, -0.05) is 83.8 Å². The summed E-state index contributed by atoms with van der Waals surface area (Å²) < 4.78 is 28.5. The highest BCUT2D eigenvalue weighted by Crippen LogP contribution is 2.44. The normalized spacial score (nSPS) is 13.9. The average molecular weight is 556 g/mol. The predicted molar refractivity (Wildman–Crippen MR) is 156 cm³/mol. The molecule has 0 radical (unpaired) electrons. The van der Waals surface area contributed by atoms with Gasteiger partial charge in [-0.25, -0.2) is 4.57 Å². The van der Waals surface area contributed by atoms with Crippen molar-refractivity contribution in [3.8, 4) is 5.75 Å². The third kappa shape index (κ3) is 18.9. The number of rotatable bonds is 25. The molecule has 0 fully saturated rings. The van der Waals surface area contributed by atoms with Gasteiger partial charge in [0.25, 0.3) is 0 Å². The quantitative estimate of drug-likeness (QED) is 0.0982. The zero-order chi connectivity index (χ0) is 28.1. The molecule has 1 aromatic rings. The first-order valence-electron chi connectivity index (χ1n) is 14.8. The van der Waals surface area contributed by atoms with Crippen molar-refractivity contribution < 1.29 is 28.0 Å².